The number of nitrogens with zero attached hydrogens (tertiary/aromatic N) is 2. The highest BCUT2D eigenvalue weighted by Gasteiger charge is 2.38. The van der Waals surface area contributed by atoms with Crippen LogP contribution in [0.25, 0.3) is 0 Å². The maximum absolute atomic E-state index is 12.2. The van der Waals surface area contributed by atoms with Crippen molar-refractivity contribution in [1.82, 2.24) is 4.31 Å². The standard InChI is InChI=1S/C21H22N2O3S/c1-3-26-21(25)20(15(2)24)27-23-14-22-18(16-10-6-4-7-11-16)19(23)17-12-8-5-9-13-17/h4-14,18-20H,3H2,1-2H3. The second-order valence-corrected chi connectivity index (χ2v) is 7.29. The summed E-state index contributed by atoms with van der Waals surface area (Å²) >= 11 is 1.17. The topological polar surface area (TPSA) is 59.0 Å². The van der Waals surface area contributed by atoms with E-state index < -0.39 is 11.2 Å². The first-order chi connectivity index (χ1) is 13.1. The first-order valence-corrected chi connectivity index (χ1v) is 9.71. The lowest BCUT2D eigenvalue weighted by atomic mass is 9.95. The smallest absolute Gasteiger partial charge is 0.328 e. The molecule has 0 aliphatic carbocycles. The van der Waals surface area contributed by atoms with Crippen molar-refractivity contribution in [2.75, 3.05) is 6.61 Å². The fraction of sp³-hybridized carbons (Fsp3) is 0.286. The molecule has 0 fully saturated rings. The van der Waals surface area contributed by atoms with Crippen LogP contribution in [-0.4, -0.2) is 34.3 Å². The van der Waals surface area contributed by atoms with Gasteiger partial charge < -0.3 is 4.74 Å². The quantitative estimate of drug-likeness (QED) is 0.412. The van der Waals surface area contributed by atoms with E-state index in [1.165, 1.54) is 18.9 Å². The number of rotatable bonds is 7. The molecule has 2 aromatic carbocycles. The zero-order chi connectivity index (χ0) is 19.2. The molecular weight excluding hydrogens is 360 g/mol. The lowest BCUT2D eigenvalue weighted by molar-refractivity contribution is -0.144. The Labute approximate surface area is 163 Å². The van der Waals surface area contributed by atoms with E-state index in [-0.39, 0.29) is 24.5 Å². The number of hydrogen-bond acceptors (Lipinski definition) is 6. The molecule has 2 aromatic rings. The van der Waals surface area contributed by atoms with Crippen molar-refractivity contribution in [1.29, 1.82) is 0 Å². The third-order valence-electron chi connectivity index (χ3n) is 4.29. The average Bonchev–Trinajstić information content (AvgIpc) is 3.11. The van der Waals surface area contributed by atoms with E-state index in [1.807, 2.05) is 65.0 Å². The van der Waals surface area contributed by atoms with Crippen LogP contribution in [0.3, 0.4) is 0 Å². The summed E-state index contributed by atoms with van der Waals surface area (Å²) in [6.45, 7) is 3.38. The van der Waals surface area contributed by atoms with Crippen LogP contribution in [0, 0.1) is 0 Å². The Balaban J connectivity index is 1.91. The van der Waals surface area contributed by atoms with Gasteiger partial charge in [0.1, 0.15) is 6.04 Å². The normalized spacial score (nSPS) is 19.7. The van der Waals surface area contributed by atoms with Crippen LogP contribution in [0.1, 0.15) is 37.1 Å². The van der Waals surface area contributed by atoms with Crippen molar-refractivity contribution in [2.24, 2.45) is 4.99 Å². The van der Waals surface area contributed by atoms with E-state index in [4.69, 9.17) is 4.74 Å². The zero-order valence-corrected chi connectivity index (χ0v) is 16.1. The minimum absolute atomic E-state index is 0.115. The summed E-state index contributed by atoms with van der Waals surface area (Å²) < 4.78 is 6.98. The molecule has 3 unspecified atom stereocenters. The van der Waals surface area contributed by atoms with Crippen molar-refractivity contribution in [3.05, 3.63) is 71.8 Å². The van der Waals surface area contributed by atoms with E-state index in [9.17, 15) is 9.59 Å². The van der Waals surface area contributed by atoms with Crippen LogP contribution in [0.5, 0.6) is 0 Å². The van der Waals surface area contributed by atoms with Gasteiger partial charge >= 0.3 is 5.97 Å². The number of esters is 1. The van der Waals surface area contributed by atoms with Gasteiger partial charge in [-0.3, -0.25) is 18.9 Å². The van der Waals surface area contributed by atoms with Gasteiger partial charge in [0.05, 0.1) is 19.0 Å². The molecule has 0 aromatic heterocycles. The Morgan fingerprint density at radius 3 is 2.22 bits per heavy atom. The van der Waals surface area contributed by atoms with E-state index in [2.05, 4.69) is 4.99 Å². The number of carbonyl (C=O) groups excluding carboxylic acids is 2. The maximum Gasteiger partial charge on any atom is 0.328 e. The van der Waals surface area contributed by atoms with Crippen LogP contribution in [0.2, 0.25) is 0 Å². The molecule has 0 bridgehead atoms. The van der Waals surface area contributed by atoms with Crippen molar-refractivity contribution in [3.63, 3.8) is 0 Å². The third-order valence-corrected chi connectivity index (χ3v) is 5.59. The minimum atomic E-state index is -0.905. The molecule has 0 saturated carbocycles. The van der Waals surface area contributed by atoms with E-state index in [0.717, 1.165) is 11.1 Å². The van der Waals surface area contributed by atoms with Gasteiger partial charge in [0.2, 0.25) is 0 Å². The first kappa shape index (κ1) is 19.2. The summed E-state index contributed by atoms with van der Waals surface area (Å²) in [7, 11) is 0. The van der Waals surface area contributed by atoms with Crippen molar-refractivity contribution >= 4 is 30.0 Å². The highest BCUT2D eigenvalue weighted by atomic mass is 32.2. The number of aliphatic imine (C=N–C) groups is 1. The molecule has 0 N–H and O–H groups in total. The predicted octanol–water partition coefficient (Wildman–Crippen LogP) is 3.98. The Morgan fingerprint density at radius 2 is 1.67 bits per heavy atom. The third kappa shape index (κ3) is 4.39. The first-order valence-electron chi connectivity index (χ1n) is 8.87. The van der Waals surface area contributed by atoms with Crippen LogP contribution in [-0.2, 0) is 14.3 Å². The van der Waals surface area contributed by atoms with Gasteiger partial charge in [-0.2, -0.15) is 0 Å². The summed E-state index contributed by atoms with van der Waals surface area (Å²) in [4.78, 5) is 29.0. The molecule has 0 amide bonds. The molecule has 0 saturated heterocycles. The molecule has 1 heterocycles. The summed E-state index contributed by atoms with van der Waals surface area (Å²) in [6, 6.07) is 19.8. The summed E-state index contributed by atoms with van der Waals surface area (Å²) in [5.41, 5.74) is 2.16. The molecule has 140 valence electrons. The fourth-order valence-electron chi connectivity index (χ4n) is 3.04. The van der Waals surface area contributed by atoms with E-state index in [0.29, 0.717) is 0 Å². The molecule has 3 atom stereocenters. The number of ether oxygens (including phenoxy) is 1. The monoisotopic (exact) mass is 382 g/mol. The molecule has 6 heteroatoms. The molecule has 1 aliphatic heterocycles. The number of benzene rings is 2. The number of Topliss-reactive ketones (excluding diaryl/α,β-unsaturated/α-hetero) is 1. The molecule has 0 radical (unpaired) electrons. The van der Waals surface area contributed by atoms with Gasteiger partial charge in [-0.25, -0.2) is 0 Å². The van der Waals surface area contributed by atoms with Crippen LogP contribution >= 0.6 is 11.9 Å². The average molecular weight is 382 g/mol. The van der Waals surface area contributed by atoms with Crippen molar-refractivity contribution in [3.8, 4) is 0 Å². The summed E-state index contributed by atoms with van der Waals surface area (Å²) in [6.07, 6.45) is 1.72. The Bertz CT molecular complexity index is 811. The van der Waals surface area contributed by atoms with Gasteiger partial charge in [-0.05, 0) is 36.9 Å². The van der Waals surface area contributed by atoms with Gasteiger partial charge in [0.15, 0.2) is 11.0 Å². The van der Waals surface area contributed by atoms with Gasteiger partial charge in [-0.15, -0.1) is 0 Å². The number of ketones is 1. The van der Waals surface area contributed by atoms with Crippen molar-refractivity contribution in [2.45, 2.75) is 31.2 Å². The van der Waals surface area contributed by atoms with Crippen LogP contribution in [0.4, 0.5) is 0 Å². The van der Waals surface area contributed by atoms with Gasteiger partial charge in [0.25, 0.3) is 0 Å². The lowest BCUT2D eigenvalue weighted by Gasteiger charge is -2.29. The molecular formula is C21H22N2O3S. The highest BCUT2D eigenvalue weighted by Crippen LogP contribution is 2.44. The Kier molecular flexibility index (Phi) is 6.29. The summed E-state index contributed by atoms with van der Waals surface area (Å²) in [5, 5.41) is -0.905. The minimum Gasteiger partial charge on any atom is -0.465 e. The van der Waals surface area contributed by atoms with Crippen LogP contribution in [0.15, 0.2) is 65.7 Å². The second-order valence-electron chi connectivity index (χ2n) is 6.18. The molecule has 0 spiro atoms. The molecule has 3 rings (SSSR count). The molecule has 5 nitrogen and oxygen atoms in total. The van der Waals surface area contributed by atoms with E-state index in [1.54, 1.807) is 13.3 Å². The molecule has 1 aliphatic rings. The Hall–Kier alpha value is -2.60. The number of hydrogen-bond donors (Lipinski definition) is 0. The van der Waals surface area contributed by atoms with Crippen molar-refractivity contribution < 1.29 is 14.3 Å². The highest BCUT2D eigenvalue weighted by molar-refractivity contribution is 7.99. The van der Waals surface area contributed by atoms with Crippen LogP contribution < -0.4 is 0 Å². The largest absolute Gasteiger partial charge is 0.465 e. The lowest BCUT2D eigenvalue weighted by Crippen LogP contribution is -2.32. The number of carbonyl (C=O) groups is 2. The summed E-state index contributed by atoms with van der Waals surface area (Å²) in [5.74, 6) is -0.750. The van der Waals surface area contributed by atoms with Gasteiger partial charge in [-0.1, -0.05) is 60.7 Å². The molecule has 27 heavy (non-hydrogen) atoms. The maximum atomic E-state index is 12.2. The Morgan fingerprint density at radius 1 is 1.07 bits per heavy atom. The SMILES string of the molecule is CCOC(=O)C(SN1C=NC(c2ccccc2)C1c1ccccc1)C(C)=O. The van der Waals surface area contributed by atoms with E-state index >= 15 is 0 Å². The second kappa shape index (κ2) is 8.86. The zero-order valence-electron chi connectivity index (χ0n) is 15.3. The fourth-order valence-corrected chi connectivity index (χ4v) is 4.07. The predicted molar refractivity (Wildman–Crippen MR) is 107 cm³/mol. The van der Waals surface area contributed by atoms with Gasteiger partial charge in [0, 0.05) is 0 Å².